The largest absolute Gasteiger partial charge is 0.353 e. The van der Waals surface area contributed by atoms with Crippen molar-refractivity contribution in [2.45, 2.75) is 76.3 Å². The number of amides is 2. The number of carbonyl (C=O) groups excluding carboxylic acids is 2. The first-order valence-corrected chi connectivity index (χ1v) is 9.45. The zero-order valence-corrected chi connectivity index (χ0v) is 14.1. The van der Waals surface area contributed by atoms with Crippen molar-refractivity contribution in [1.29, 1.82) is 0 Å². The molecule has 0 aromatic heterocycles. The van der Waals surface area contributed by atoms with Crippen LogP contribution in [0.4, 0.5) is 0 Å². The van der Waals surface area contributed by atoms with Crippen LogP contribution in [0.5, 0.6) is 0 Å². The molecular formula is C18H31N3O2. The van der Waals surface area contributed by atoms with Gasteiger partial charge in [0.1, 0.15) is 0 Å². The zero-order chi connectivity index (χ0) is 16.2. The van der Waals surface area contributed by atoms with E-state index in [9.17, 15) is 9.59 Å². The smallest absolute Gasteiger partial charge is 0.225 e. The zero-order valence-electron chi connectivity index (χ0n) is 14.1. The van der Waals surface area contributed by atoms with Gasteiger partial charge in [0.25, 0.3) is 0 Å². The summed E-state index contributed by atoms with van der Waals surface area (Å²) in [5, 5.41) is 3.20. The Bertz CT molecular complexity index is 426. The van der Waals surface area contributed by atoms with E-state index in [2.05, 4.69) is 5.32 Å². The summed E-state index contributed by atoms with van der Waals surface area (Å²) in [4.78, 5) is 26.6. The van der Waals surface area contributed by atoms with E-state index in [1.54, 1.807) is 0 Å². The number of carbonyl (C=O) groups is 2. The average Bonchev–Trinajstić information content (AvgIpc) is 3.19. The third-order valence-electron chi connectivity index (χ3n) is 5.93. The van der Waals surface area contributed by atoms with Gasteiger partial charge in [-0.2, -0.15) is 0 Å². The molecule has 5 nitrogen and oxygen atoms in total. The van der Waals surface area contributed by atoms with Crippen molar-refractivity contribution in [3.63, 3.8) is 0 Å². The normalized spacial score (nSPS) is 32.2. The number of hydrogen-bond donors (Lipinski definition) is 2. The maximum atomic E-state index is 12.5. The predicted octanol–water partition coefficient (Wildman–Crippen LogP) is 1.80. The minimum Gasteiger partial charge on any atom is -0.353 e. The Kier molecular flexibility index (Phi) is 5.57. The standard InChI is InChI=1S/C18H31N3O2/c19-15-9-10-21(12-15)18(23)14-5-7-16(8-6-14)20-17(22)11-13-3-1-2-4-13/h13-16H,1-12,19H2,(H,20,22)/t14?,15-,16?/m1/s1. The van der Waals surface area contributed by atoms with E-state index in [0.29, 0.717) is 12.3 Å². The van der Waals surface area contributed by atoms with E-state index in [1.165, 1.54) is 25.7 Å². The molecule has 0 spiro atoms. The molecule has 23 heavy (non-hydrogen) atoms. The molecule has 2 amide bonds. The van der Waals surface area contributed by atoms with Gasteiger partial charge in [0.15, 0.2) is 0 Å². The monoisotopic (exact) mass is 321 g/mol. The summed E-state index contributed by atoms with van der Waals surface area (Å²) >= 11 is 0. The average molecular weight is 321 g/mol. The number of rotatable bonds is 4. The Balaban J connectivity index is 1.38. The fourth-order valence-electron chi connectivity index (χ4n) is 4.49. The molecule has 0 aromatic rings. The van der Waals surface area contributed by atoms with E-state index in [4.69, 9.17) is 5.73 Å². The number of nitrogens with two attached hydrogens (primary N) is 1. The molecule has 1 aliphatic heterocycles. The van der Waals surface area contributed by atoms with Crippen molar-refractivity contribution in [2.75, 3.05) is 13.1 Å². The molecule has 3 aliphatic rings. The molecule has 0 radical (unpaired) electrons. The Hall–Kier alpha value is -1.10. The summed E-state index contributed by atoms with van der Waals surface area (Å²) in [7, 11) is 0. The Morgan fingerprint density at radius 1 is 1.00 bits per heavy atom. The van der Waals surface area contributed by atoms with Crippen molar-refractivity contribution >= 4 is 11.8 Å². The molecule has 1 atom stereocenters. The highest BCUT2D eigenvalue weighted by molar-refractivity contribution is 5.79. The van der Waals surface area contributed by atoms with Gasteiger partial charge in [-0.3, -0.25) is 9.59 Å². The first kappa shape index (κ1) is 16.7. The molecule has 3 N–H and O–H groups in total. The van der Waals surface area contributed by atoms with Crippen molar-refractivity contribution in [3.8, 4) is 0 Å². The van der Waals surface area contributed by atoms with Gasteiger partial charge in [-0.15, -0.1) is 0 Å². The van der Waals surface area contributed by atoms with Crippen molar-refractivity contribution in [2.24, 2.45) is 17.6 Å². The molecule has 5 heteroatoms. The lowest BCUT2D eigenvalue weighted by molar-refractivity contribution is -0.135. The molecule has 0 aromatic carbocycles. The van der Waals surface area contributed by atoms with E-state index in [1.807, 2.05) is 4.90 Å². The van der Waals surface area contributed by atoms with Crippen LogP contribution in [0.25, 0.3) is 0 Å². The molecule has 2 aliphatic carbocycles. The lowest BCUT2D eigenvalue weighted by atomic mass is 9.85. The summed E-state index contributed by atoms with van der Waals surface area (Å²) < 4.78 is 0. The molecule has 0 unspecified atom stereocenters. The SMILES string of the molecule is N[C@@H]1CCN(C(=O)C2CCC(NC(=O)CC3CCCC3)CC2)C1. The summed E-state index contributed by atoms with van der Waals surface area (Å²) in [6, 6.07) is 0.430. The fourth-order valence-corrected chi connectivity index (χ4v) is 4.49. The minimum atomic E-state index is 0.142. The predicted molar refractivity (Wildman–Crippen MR) is 89.6 cm³/mol. The first-order chi connectivity index (χ1) is 11.1. The highest BCUT2D eigenvalue weighted by atomic mass is 16.2. The van der Waals surface area contributed by atoms with E-state index >= 15 is 0 Å². The van der Waals surface area contributed by atoms with Crippen LogP contribution < -0.4 is 11.1 Å². The molecule has 2 saturated carbocycles. The molecule has 0 bridgehead atoms. The Morgan fingerprint density at radius 3 is 2.30 bits per heavy atom. The topological polar surface area (TPSA) is 75.4 Å². The second-order valence-electron chi connectivity index (χ2n) is 7.80. The van der Waals surface area contributed by atoms with Crippen LogP contribution in [0.1, 0.15) is 64.2 Å². The lowest BCUT2D eigenvalue weighted by Crippen LogP contribution is -2.42. The summed E-state index contributed by atoms with van der Waals surface area (Å²) in [5.41, 5.74) is 5.89. The molecule has 1 saturated heterocycles. The van der Waals surface area contributed by atoms with Gasteiger partial charge in [0, 0.05) is 37.5 Å². The second kappa shape index (κ2) is 7.65. The van der Waals surface area contributed by atoms with Crippen LogP contribution in [-0.4, -0.2) is 41.9 Å². The van der Waals surface area contributed by atoms with Gasteiger partial charge in [-0.1, -0.05) is 12.8 Å². The van der Waals surface area contributed by atoms with Crippen LogP contribution in [0.2, 0.25) is 0 Å². The Labute approximate surface area is 139 Å². The molecule has 1 heterocycles. The van der Waals surface area contributed by atoms with Gasteiger partial charge in [-0.25, -0.2) is 0 Å². The summed E-state index contributed by atoms with van der Waals surface area (Å²) in [6.45, 7) is 1.54. The lowest BCUT2D eigenvalue weighted by Gasteiger charge is -2.31. The van der Waals surface area contributed by atoms with Gasteiger partial charge in [-0.05, 0) is 50.9 Å². The molecule has 130 valence electrons. The van der Waals surface area contributed by atoms with Gasteiger partial charge in [0.2, 0.25) is 11.8 Å². The maximum Gasteiger partial charge on any atom is 0.225 e. The van der Waals surface area contributed by atoms with Gasteiger partial charge >= 0.3 is 0 Å². The van der Waals surface area contributed by atoms with E-state index in [0.717, 1.165) is 45.2 Å². The minimum absolute atomic E-state index is 0.142. The van der Waals surface area contributed by atoms with Crippen LogP contribution in [0.3, 0.4) is 0 Å². The highest BCUT2D eigenvalue weighted by Crippen LogP contribution is 2.29. The van der Waals surface area contributed by atoms with Crippen LogP contribution in [-0.2, 0) is 9.59 Å². The molecule has 3 fully saturated rings. The third kappa shape index (κ3) is 4.46. The number of likely N-dealkylation sites (tertiary alicyclic amines) is 1. The fraction of sp³-hybridized carbons (Fsp3) is 0.889. The number of nitrogens with one attached hydrogen (secondary N) is 1. The summed E-state index contributed by atoms with van der Waals surface area (Å²) in [6.07, 6.45) is 10.3. The summed E-state index contributed by atoms with van der Waals surface area (Å²) in [5.74, 6) is 1.25. The third-order valence-corrected chi connectivity index (χ3v) is 5.93. The van der Waals surface area contributed by atoms with Gasteiger partial charge < -0.3 is 16.0 Å². The number of hydrogen-bond acceptors (Lipinski definition) is 3. The van der Waals surface area contributed by atoms with Crippen LogP contribution >= 0.6 is 0 Å². The van der Waals surface area contributed by atoms with Crippen molar-refractivity contribution < 1.29 is 9.59 Å². The maximum absolute atomic E-state index is 12.5. The first-order valence-electron chi connectivity index (χ1n) is 9.45. The van der Waals surface area contributed by atoms with Crippen molar-refractivity contribution in [1.82, 2.24) is 10.2 Å². The number of nitrogens with zero attached hydrogens (tertiary/aromatic N) is 1. The molecule has 3 rings (SSSR count). The van der Waals surface area contributed by atoms with Crippen LogP contribution in [0, 0.1) is 11.8 Å². The molecular weight excluding hydrogens is 290 g/mol. The Morgan fingerprint density at radius 2 is 1.70 bits per heavy atom. The van der Waals surface area contributed by atoms with Crippen molar-refractivity contribution in [3.05, 3.63) is 0 Å². The quantitative estimate of drug-likeness (QED) is 0.829. The van der Waals surface area contributed by atoms with Crippen LogP contribution in [0.15, 0.2) is 0 Å². The van der Waals surface area contributed by atoms with E-state index < -0.39 is 0 Å². The van der Waals surface area contributed by atoms with E-state index in [-0.39, 0.29) is 29.8 Å². The highest BCUT2D eigenvalue weighted by Gasteiger charge is 2.32. The second-order valence-corrected chi connectivity index (χ2v) is 7.80. The van der Waals surface area contributed by atoms with Gasteiger partial charge in [0.05, 0.1) is 0 Å².